The normalized spacial score (nSPS) is 22.1. The van der Waals surface area contributed by atoms with Crippen LogP contribution in [0.4, 0.5) is 18.9 Å². The monoisotopic (exact) mass is 481 g/mol. The molecule has 2 saturated heterocycles. The molecule has 0 radical (unpaired) electrons. The zero-order valence-corrected chi connectivity index (χ0v) is 18.7. The highest BCUT2D eigenvalue weighted by atomic mass is 35.5. The molecule has 2 heterocycles. The Morgan fingerprint density at radius 3 is 2.42 bits per heavy atom. The molecule has 0 spiro atoms. The van der Waals surface area contributed by atoms with Gasteiger partial charge in [-0.05, 0) is 50.4 Å². The van der Waals surface area contributed by atoms with E-state index in [1.54, 1.807) is 0 Å². The second-order valence-corrected chi connectivity index (χ2v) is 10.5. The molecule has 11 heteroatoms. The first kappa shape index (κ1) is 24.3. The predicted molar refractivity (Wildman–Crippen MR) is 113 cm³/mol. The van der Waals surface area contributed by atoms with E-state index in [9.17, 15) is 26.4 Å². The van der Waals surface area contributed by atoms with Gasteiger partial charge >= 0.3 is 6.18 Å². The molecule has 1 aromatic carbocycles. The van der Waals surface area contributed by atoms with Gasteiger partial charge in [0, 0.05) is 19.6 Å². The van der Waals surface area contributed by atoms with Crippen molar-refractivity contribution in [3.8, 4) is 0 Å². The van der Waals surface area contributed by atoms with Crippen molar-refractivity contribution < 1.29 is 26.4 Å². The summed E-state index contributed by atoms with van der Waals surface area (Å²) in [5.41, 5.74) is 0.131. The number of sulfonamides is 1. The molecule has 1 unspecified atom stereocenters. The Hall–Kier alpha value is -1.36. The average molecular weight is 482 g/mol. The molecular formula is C20H27ClF3N3O3S. The van der Waals surface area contributed by atoms with Crippen LogP contribution in [-0.2, 0) is 14.8 Å². The van der Waals surface area contributed by atoms with Gasteiger partial charge in [-0.3, -0.25) is 9.69 Å². The Labute approximate surface area is 185 Å². The van der Waals surface area contributed by atoms with E-state index in [0.29, 0.717) is 26.1 Å². The summed E-state index contributed by atoms with van der Waals surface area (Å²) >= 11 is 6.14. The van der Waals surface area contributed by atoms with Crippen LogP contribution in [-0.4, -0.2) is 62.4 Å². The highest BCUT2D eigenvalue weighted by molar-refractivity contribution is 7.89. The minimum absolute atomic E-state index is 0.0317. The molecule has 6 nitrogen and oxygen atoms in total. The van der Waals surface area contributed by atoms with Crippen LogP contribution in [0.3, 0.4) is 0 Å². The summed E-state index contributed by atoms with van der Waals surface area (Å²) in [6.45, 7) is 0.848. The van der Waals surface area contributed by atoms with Crippen LogP contribution >= 0.6 is 11.6 Å². The predicted octanol–water partition coefficient (Wildman–Crippen LogP) is 4.12. The number of benzene rings is 1. The maximum Gasteiger partial charge on any atom is 0.393 e. The van der Waals surface area contributed by atoms with Gasteiger partial charge in [0.05, 0.1) is 28.1 Å². The van der Waals surface area contributed by atoms with E-state index in [1.165, 1.54) is 27.4 Å². The highest BCUT2D eigenvalue weighted by Gasteiger charge is 2.42. The molecule has 1 aromatic rings. The lowest BCUT2D eigenvalue weighted by Gasteiger charge is -2.33. The number of piperidine rings is 1. The Bertz CT molecular complexity index is 887. The maximum absolute atomic E-state index is 13.0. The maximum atomic E-state index is 13.0. The molecule has 0 aliphatic carbocycles. The number of rotatable bonds is 5. The number of hydrogen-bond donors (Lipinski definition) is 1. The molecule has 0 aromatic heterocycles. The second-order valence-electron chi connectivity index (χ2n) is 8.12. The Morgan fingerprint density at radius 1 is 1.10 bits per heavy atom. The highest BCUT2D eigenvalue weighted by Crippen LogP contribution is 2.33. The third-order valence-corrected chi connectivity index (χ3v) is 7.97. The van der Waals surface area contributed by atoms with E-state index in [2.05, 4.69) is 5.32 Å². The molecule has 1 atom stereocenters. The lowest BCUT2D eigenvalue weighted by atomic mass is 9.97. The molecule has 1 N–H and O–H groups in total. The fourth-order valence-corrected chi connectivity index (χ4v) is 5.76. The van der Waals surface area contributed by atoms with Gasteiger partial charge < -0.3 is 5.32 Å². The zero-order valence-electron chi connectivity index (χ0n) is 17.1. The van der Waals surface area contributed by atoms with Gasteiger partial charge in [0.15, 0.2) is 0 Å². The lowest BCUT2D eigenvalue weighted by Crippen LogP contribution is -2.44. The van der Waals surface area contributed by atoms with E-state index in [0.717, 1.165) is 25.7 Å². The molecule has 1 amide bonds. The van der Waals surface area contributed by atoms with Crippen molar-refractivity contribution in [2.45, 2.75) is 49.6 Å². The molecule has 174 valence electrons. The van der Waals surface area contributed by atoms with E-state index < -0.39 is 28.0 Å². The summed E-state index contributed by atoms with van der Waals surface area (Å²) in [7, 11) is -3.72. The third-order valence-electron chi connectivity index (χ3n) is 5.75. The van der Waals surface area contributed by atoms with Gasteiger partial charge in [0.25, 0.3) is 0 Å². The standard InChI is InChI=1S/C20H27ClF3N3O3S/c21-17-8-7-16(31(29,30)27-10-3-1-2-4-11-27)12-18(17)25-19(28)14-26-9-5-6-15(13-26)20(22,23)24/h7-8,12,15H,1-6,9-11,13-14H2,(H,25,28). The second kappa shape index (κ2) is 10.1. The number of nitrogens with one attached hydrogen (secondary N) is 1. The molecule has 2 aliphatic rings. The minimum atomic E-state index is -4.28. The largest absolute Gasteiger partial charge is 0.393 e. The molecule has 3 rings (SSSR count). The molecule has 2 aliphatic heterocycles. The molecule has 2 fully saturated rings. The average Bonchev–Trinajstić information content (AvgIpc) is 2.99. The Morgan fingerprint density at radius 2 is 1.77 bits per heavy atom. The molecule has 31 heavy (non-hydrogen) atoms. The van der Waals surface area contributed by atoms with Gasteiger partial charge in [0.2, 0.25) is 15.9 Å². The number of anilines is 1. The summed E-state index contributed by atoms with van der Waals surface area (Å²) in [5.74, 6) is -1.98. The topological polar surface area (TPSA) is 69.7 Å². The number of carbonyl (C=O) groups is 1. The fraction of sp³-hybridized carbons (Fsp3) is 0.650. The number of alkyl halides is 3. The zero-order chi connectivity index (χ0) is 22.6. The number of amides is 1. The van der Waals surface area contributed by atoms with Crippen LogP contribution in [0.5, 0.6) is 0 Å². The first-order valence-electron chi connectivity index (χ1n) is 10.5. The van der Waals surface area contributed by atoms with E-state index >= 15 is 0 Å². The van der Waals surface area contributed by atoms with Crippen molar-refractivity contribution in [2.75, 3.05) is 38.0 Å². The summed E-state index contributed by atoms with van der Waals surface area (Å²) < 4.78 is 66.4. The van der Waals surface area contributed by atoms with Crippen molar-refractivity contribution in [1.82, 2.24) is 9.21 Å². The number of nitrogens with zero attached hydrogens (tertiary/aromatic N) is 2. The summed E-state index contributed by atoms with van der Waals surface area (Å²) in [5, 5.41) is 2.72. The van der Waals surface area contributed by atoms with Crippen LogP contribution in [0.25, 0.3) is 0 Å². The minimum Gasteiger partial charge on any atom is -0.324 e. The van der Waals surface area contributed by atoms with Crippen LogP contribution in [0.2, 0.25) is 5.02 Å². The molecular weight excluding hydrogens is 455 g/mol. The van der Waals surface area contributed by atoms with Crippen LogP contribution in [0, 0.1) is 5.92 Å². The van der Waals surface area contributed by atoms with Crippen LogP contribution < -0.4 is 5.32 Å². The van der Waals surface area contributed by atoms with Gasteiger partial charge in [-0.25, -0.2) is 8.42 Å². The van der Waals surface area contributed by atoms with Gasteiger partial charge in [-0.2, -0.15) is 17.5 Å². The van der Waals surface area contributed by atoms with Gasteiger partial charge in [-0.1, -0.05) is 24.4 Å². The van der Waals surface area contributed by atoms with Crippen LogP contribution in [0.15, 0.2) is 23.1 Å². The van der Waals surface area contributed by atoms with Gasteiger partial charge in [-0.15, -0.1) is 0 Å². The number of likely N-dealkylation sites (tertiary alicyclic amines) is 1. The van der Waals surface area contributed by atoms with Crippen molar-refractivity contribution in [3.63, 3.8) is 0 Å². The van der Waals surface area contributed by atoms with E-state index in [1.807, 2.05) is 0 Å². The van der Waals surface area contributed by atoms with E-state index in [-0.39, 0.29) is 35.1 Å². The summed E-state index contributed by atoms with van der Waals surface area (Å²) in [4.78, 5) is 13.9. The van der Waals surface area contributed by atoms with Crippen LogP contribution in [0.1, 0.15) is 38.5 Å². The SMILES string of the molecule is O=C(CN1CCCC(C(F)(F)F)C1)Nc1cc(S(=O)(=O)N2CCCCCC2)ccc1Cl. The first-order chi connectivity index (χ1) is 14.6. The van der Waals surface area contributed by atoms with Crippen molar-refractivity contribution in [1.29, 1.82) is 0 Å². The van der Waals surface area contributed by atoms with E-state index in [4.69, 9.17) is 11.6 Å². The number of hydrogen-bond acceptors (Lipinski definition) is 4. The van der Waals surface area contributed by atoms with Crippen molar-refractivity contribution >= 4 is 33.2 Å². The number of carbonyl (C=O) groups excluding carboxylic acids is 1. The Kier molecular flexibility index (Phi) is 7.88. The molecule has 0 saturated carbocycles. The number of halogens is 4. The lowest BCUT2D eigenvalue weighted by molar-refractivity contribution is -0.186. The third kappa shape index (κ3) is 6.34. The van der Waals surface area contributed by atoms with Crippen molar-refractivity contribution in [2.24, 2.45) is 5.92 Å². The Balaban J connectivity index is 1.68. The first-order valence-corrected chi connectivity index (χ1v) is 12.3. The van der Waals surface area contributed by atoms with Gasteiger partial charge in [0.1, 0.15) is 0 Å². The molecule has 0 bridgehead atoms. The quantitative estimate of drug-likeness (QED) is 0.687. The summed E-state index contributed by atoms with van der Waals surface area (Å²) in [6, 6.07) is 4.12. The smallest absolute Gasteiger partial charge is 0.324 e. The van der Waals surface area contributed by atoms with Crippen molar-refractivity contribution in [3.05, 3.63) is 23.2 Å². The summed E-state index contributed by atoms with van der Waals surface area (Å²) in [6.07, 6.45) is -0.296. The fourth-order valence-electron chi connectivity index (χ4n) is 4.05.